The summed E-state index contributed by atoms with van der Waals surface area (Å²) in [5, 5.41) is 0.605. The number of hydrogen-bond donors (Lipinski definition) is 0. The van der Waals surface area contributed by atoms with Gasteiger partial charge in [-0.15, -0.1) is 0 Å². The van der Waals surface area contributed by atoms with E-state index in [9.17, 15) is 4.39 Å². The Hall–Kier alpha value is -1.55. The first-order valence-electron chi connectivity index (χ1n) is 5.22. The van der Waals surface area contributed by atoms with Gasteiger partial charge in [0.2, 0.25) is 5.88 Å². The van der Waals surface area contributed by atoms with Crippen molar-refractivity contribution >= 4 is 11.6 Å². The maximum atomic E-state index is 13.3. The Kier molecular flexibility index (Phi) is 3.33. The third kappa shape index (κ3) is 2.13. The van der Waals surface area contributed by atoms with Crippen LogP contribution in [0.3, 0.4) is 0 Å². The van der Waals surface area contributed by atoms with Gasteiger partial charge in [-0.25, -0.2) is 9.37 Å². The number of nitrogens with zero attached hydrogens (tertiary/aromatic N) is 2. The number of methoxy groups -OCH3 is 1. The molecule has 90 valence electrons. The second-order valence-corrected chi connectivity index (χ2v) is 3.88. The van der Waals surface area contributed by atoms with Gasteiger partial charge in [0.1, 0.15) is 11.0 Å². The van der Waals surface area contributed by atoms with Gasteiger partial charge in [0.05, 0.1) is 24.6 Å². The molecule has 0 atom stereocenters. The summed E-state index contributed by atoms with van der Waals surface area (Å²) in [6.45, 7) is 2.66. The van der Waals surface area contributed by atoms with Crippen LogP contribution in [0, 0.1) is 5.82 Å². The molecule has 2 heterocycles. The third-order valence-electron chi connectivity index (χ3n) is 2.53. The van der Waals surface area contributed by atoms with E-state index in [-0.39, 0.29) is 0 Å². The predicted octanol–water partition coefficient (Wildman–Crippen LogP) is 3.37. The molecule has 0 fully saturated rings. The molecule has 0 saturated heterocycles. The van der Waals surface area contributed by atoms with Crippen molar-refractivity contribution in [3.63, 3.8) is 0 Å². The van der Waals surface area contributed by atoms with Gasteiger partial charge < -0.3 is 9.30 Å². The van der Waals surface area contributed by atoms with Crippen molar-refractivity contribution in [1.82, 2.24) is 9.55 Å². The van der Waals surface area contributed by atoms with Crippen molar-refractivity contribution in [3.8, 4) is 17.1 Å². The summed E-state index contributed by atoms with van der Waals surface area (Å²) in [5.74, 6) is -0.0170. The van der Waals surface area contributed by atoms with E-state index in [2.05, 4.69) is 4.98 Å². The molecule has 2 aromatic rings. The first-order valence-corrected chi connectivity index (χ1v) is 5.60. The van der Waals surface area contributed by atoms with Crippen molar-refractivity contribution in [2.24, 2.45) is 0 Å². The zero-order valence-electron chi connectivity index (χ0n) is 9.58. The van der Waals surface area contributed by atoms with Crippen LogP contribution in [-0.2, 0) is 6.54 Å². The maximum Gasteiger partial charge on any atom is 0.222 e. The van der Waals surface area contributed by atoms with E-state index in [0.29, 0.717) is 23.1 Å². The molecule has 0 aliphatic heterocycles. The molecule has 0 spiro atoms. The summed E-state index contributed by atoms with van der Waals surface area (Å²) in [6, 6.07) is 4.99. The van der Waals surface area contributed by atoms with Crippen LogP contribution in [0.25, 0.3) is 11.3 Å². The van der Waals surface area contributed by atoms with Crippen LogP contribution in [0.4, 0.5) is 4.39 Å². The lowest BCUT2D eigenvalue weighted by atomic mass is 10.2. The molecule has 0 aliphatic carbocycles. The fourth-order valence-electron chi connectivity index (χ4n) is 1.77. The lowest BCUT2D eigenvalue weighted by Crippen LogP contribution is -2.00. The largest absolute Gasteiger partial charge is 0.481 e. The van der Waals surface area contributed by atoms with Gasteiger partial charge in [0, 0.05) is 6.54 Å². The van der Waals surface area contributed by atoms with Gasteiger partial charge in [-0.3, -0.25) is 0 Å². The Balaban J connectivity index is 2.62. The fourth-order valence-corrected chi connectivity index (χ4v) is 2.05. The predicted molar refractivity (Wildman–Crippen MR) is 64.9 cm³/mol. The molecule has 0 bridgehead atoms. The molecular formula is C12H12ClFN2O. The molecule has 17 heavy (non-hydrogen) atoms. The summed E-state index contributed by atoms with van der Waals surface area (Å²) in [7, 11) is 1.50. The summed E-state index contributed by atoms with van der Waals surface area (Å²) in [5.41, 5.74) is 1.39. The Morgan fingerprint density at radius 1 is 1.47 bits per heavy atom. The molecule has 0 aromatic carbocycles. The molecule has 0 amide bonds. The lowest BCUT2D eigenvalue weighted by molar-refractivity contribution is 0.397. The monoisotopic (exact) mass is 254 g/mol. The van der Waals surface area contributed by atoms with E-state index < -0.39 is 5.82 Å². The van der Waals surface area contributed by atoms with Crippen LogP contribution in [0.15, 0.2) is 24.4 Å². The van der Waals surface area contributed by atoms with Crippen molar-refractivity contribution in [1.29, 1.82) is 0 Å². The van der Waals surface area contributed by atoms with E-state index in [4.69, 9.17) is 16.3 Å². The zero-order valence-corrected chi connectivity index (χ0v) is 10.3. The first-order chi connectivity index (χ1) is 8.17. The quantitative estimate of drug-likeness (QED) is 0.840. The van der Waals surface area contributed by atoms with Crippen LogP contribution in [0.5, 0.6) is 5.88 Å². The third-order valence-corrected chi connectivity index (χ3v) is 2.86. The molecule has 0 saturated carbocycles. The topological polar surface area (TPSA) is 27.1 Å². The Labute approximate surface area is 104 Å². The van der Waals surface area contributed by atoms with Crippen molar-refractivity contribution < 1.29 is 9.13 Å². The lowest BCUT2D eigenvalue weighted by Gasteiger charge is -2.10. The molecule has 3 nitrogen and oxygen atoms in total. The second kappa shape index (κ2) is 4.75. The van der Waals surface area contributed by atoms with Gasteiger partial charge in [-0.1, -0.05) is 11.6 Å². The van der Waals surface area contributed by atoms with E-state index in [1.54, 1.807) is 6.07 Å². The van der Waals surface area contributed by atoms with Gasteiger partial charge in [0.25, 0.3) is 0 Å². The van der Waals surface area contributed by atoms with Gasteiger partial charge in [0.15, 0.2) is 0 Å². The molecular weight excluding hydrogens is 243 g/mol. The van der Waals surface area contributed by atoms with Crippen LogP contribution in [-0.4, -0.2) is 16.7 Å². The second-order valence-electron chi connectivity index (χ2n) is 3.50. The summed E-state index contributed by atoms with van der Waals surface area (Å²) in [6.07, 6.45) is 1.13. The summed E-state index contributed by atoms with van der Waals surface area (Å²) in [4.78, 5) is 3.90. The molecule has 0 unspecified atom stereocenters. The minimum absolute atomic E-state index is 0.385. The minimum atomic E-state index is -0.402. The molecule has 0 N–H and O–H groups in total. The highest BCUT2D eigenvalue weighted by atomic mass is 35.5. The van der Waals surface area contributed by atoms with Gasteiger partial charge in [-0.2, -0.15) is 0 Å². The number of rotatable bonds is 3. The van der Waals surface area contributed by atoms with Crippen LogP contribution in [0.1, 0.15) is 6.92 Å². The van der Waals surface area contributed by atoms with Crippen molar-refractivity contribution in [2.75, 3.05) is 7.11 Å². The molecule has 5 heteroatoms. The van der Waals surface area contributed by atoms with Gasteiger partial charge >= 0.3 is 0 Å². The number of hydrogen-bond acceptors (Lipinski definition) is 2. The van der Waals surface area contributed by atoms with Crippen LogP contribution < -0.4 is 4.74 Å². The number of aromatic nitrogens is 2. The summed E-state index contributed by atoms with van der Waals surface area (Å²) < 4.78 is 20.2. The zero-order chi connectivity index (χ0) is 12.4. The number of halogens is 2. The molecule has 2 rings (SSSR count). The number of ether oxygens (including phenoxy) is 1. The summed E-state index contributed by atoms with van der Waals surface area (Å²) >= 11 is 6.04. The first kappa shape index (κ1) is 11.9. The highest BCUT2D eigenvalue weighted by molar-refractivity contribution is 6.30. The van der Waals surface area contributed by atoms with E-state index >= 15 is 0 Å². The highest BCUT2D eigenvalue weighted by Gasteiger charge is 2.14. The van der Waals surface area contributed by atoms with Crippen molar-refractivity contribution in [2.45, 2.75) is 13.5 Å². The number of pyridine rings is 1. The fraction of sp³-hybridized carbons (Fsp3) is 0.250. The Morgan fingerprint density at radius 2 is 2.24 bits per heavy atom. The van der Waals surface area contributed by atoms with Crippen LogP contribution in [0.2, 0.25) is 5.15 Å². The average molecular weight is 255 g/mol. The molecule has 0 radical (unpaired) electrons. The van der Waals surface area contributed by atoms with Gasteiger partial charge in [-0.05, 0) is 25.1 Å². The smallest absolute Gasteiger partial charge is 0.222 e. The Morgan fingerprint density at radius 3 is 2.88 bits per heavy atom. The maximum absolute atomic E-state index is 13.3. The average Bonchev–Trinajstić information content (AvgIpc) is 2.70. The van der Waals surface area contributed by atoms with Crippen LogP contribution >= 0.6 is 11.6 Å². The van der Waals surface area contributed by atoms with E-state index in [1.807, 2.05) is 17.6 Å². The van der Waals surface area contributed by atoms with Crippen molar-refractivity contribution in [3.05, 3.63) is 35.4 Å². The van der Waals surface area contributed by atoms with E-state index in [1.165, 1.54) is 13.2 Å². The minimum Gasteiger partial charge on any atom is -0.481 e. The standard InChI is InChI=1S/C12H12ClFN2O/c1-3-16-10(4-5-11(16)13)9-6-8(14)7-15-12(9)17-2/h4-7H,3H2,1-2H3. The highest BCUT2D eigenvalue weighted by Crippen LogP contribution is 2.31. The van der Waals surface area contributed by atoms with E-state index in [0.717, 1.165) is 11.9 Å². The molecule has 2 aromatic heterocycles. The normalized spacial score (nSPS) is 10.6. The molecule has 0 aliphatic rings. The SMILES string of the molecule is CCn1c(Cl)ccc1-c1cc(F)cnc1OC. The Bertz CT molecular complexity index is 539.